The van der Waals surface area contributed by atoms with Crippen LogP contribution < -0.4 is 10.6 Å². The summed E-state index contributed by atoms with van der Waals surface area (Å²) in [5.41, 5.74) is 1.78. The van der Waals surface area contributed by atoms with Crippen LogP contribution in [-0.2, 0) is 28.7 Å². The SMILES string of the molecule is COC(=O)CCCNC(=O)CCCCC(=O)N[C@H]1CC[C@]2(C)[C@H]3CC=C4[C@@H]5CC(C)(C)CC[C@]5(C(=O)OC)CC[C@@]4(C)[C@]3(C)CC[C@H]2C1(C)C. The van der Waals surface area contributed by atoms with Crippen LogP contribution in [-0.4, -0.2) is 50.6 Å². The summed E-state index contributed by atoms with van der Waals surface area (Å²) >= 11 is 0. The molecule has 2 amide bonds. The average molecular weight is 697 g/mol. The maximum atomic E-state index is 13.6. The first kappa shape index (κ1) is 38.8. The van der Waals surface area contributed by atoms with E-state index in [0.717, 1.165) is 51.4 Å². The Labute approximate surface area is 302 Å². The number of hydrogen-bond acceptors (Lipinski definition) is 6. The predicted molar refractivity (Wildman–Crippen MR) is 196 cm³/mol. The lowest BCUT2D eigenvalue weighted by atomic mass is 9.33. The molecule has 8 atom stereocenters. The molecular formula is C42H68N2O6. The fourth-order valence-electron chi connectivity index (χ4n) is 12.6. The van der Waals surface area contributed by atoms with Gasteiger partial charge < -0.3 is 20.1 Å². The molecule has 2 N–H and O–H groups in total. The van der Waals surface area contributed by atoms with E-state index in [4.69, 9.17) is 4.74 Å². The Morgan fingerprint density at radius 1 is 0.760 bits per heavy atom. The Morgan fingerprint density at radius 2 is 1.44 bits per heavy atom. The Hall–Kier alpha value is -2.38. The van der Waals surface area contributed by atoms with Crippen molar-refractivity contribution in [3.8, 4) is 0 Å². The molecule has 4 saturated carbocycles. The molecule has 5 aliphatic rings. The van der Waals surface area contributed by atoms with Gasteiger partial charge in [-0.05, 0) is 128 Å². The molecule has 0 spiro atoms. The highest BCUT2D eigenvalue weighted by molar-refractivity contribution is 5.79. The van der Waals surface area contributed by atoms with E-state index in [2.05, 4.69) is 69.9 Å². The highest BCUT2D eigenvalue weighted by Gasteiger charge is 2.69. The number of esters is 2. The molecule has 4 fully saturated rings. The van der Waals surface area contributed by atoms with Crippen molar-refractivity contribution in [1.29, 1.82) is 0 Å². The van der Waals surface area contributed by atoms with Crippen LogP contribution in [0.15, 0.2) is 11.6 Å². The second-order valence-corrected chi connectivity index (χ2v) is 19.1. The van der Waals surface area contributed by atoms with Crippen LogP contribution in [0.25, 0.3) is 0 Å². The molecule has 0 aromatic rings. The largest absolute Gasteiger partial charge is 0.469 e. The zero-order chi connectivity index (χ0) is 36.8. The van der Waals surface area contributed by atoms with Gasteiger partial charge in [-0.25, -0.2) is 0 Å². The van der Waals surface area contributed by atoms with Crippen molar-refractivity contribution in [2.24, 2.45) is 50.2 Å². The van der Waals surface area contributed by atoms with Gasteiger partial charge in [-0.3, -0.25) is 19.2 Å². The monoisotopic (exact) mass is 697 g/mol. The lowest BCUT2D eigenvalue weighted by Gasteiger charge is -2.71. The molecule has 0 aromatic carbocycles. The minimum absolute atomic E-state index is 0.0144. The van der Waals surface area contributed by atoms with E-state index in [1.54, 1.807) is 12.7 Å². The molecule has 0 bridgehead atoms. The summed E-state index contributed by atoms with van der Waals surface area (Å²) in [7, 11) is 2.95. The minimum Gasteiger partial charge on any atom is -0.469 e. The van der Waals surface area contributed by atoms with Gasteiger partial charge in [0.1, 0.15) is 0 Å². The number of nitrogens with one attached hydrogen (secondary N) is 2. The molecule has 5 rings (SSSR count). The topological polar surface area (TPSA) is 111 Å². The van der Waals surface area contributed by atoms with E-state index in [9.17, 15) is 19.2 Å². The van der Waals surface area contributed by atoms with Crippen LogP contribution in [0, 0.1) is 50.2 Å². The first-order chi connectivity index (χ1) is 23.4. The molecule has 0 saturated heterocycles. The van der Waals surface area contributed by atoms with Crippen LogP contribution in [0.4, 0.5) is 0 Å². The van der Waals surface area contributed by atoms with Crippen molar-refractivity contribution in [2.45, 2.75) is 157 Å². The van der Waals surface area contributed by atoms with Crippen LogP contribution >= 0.6 is 0 Å². The van der Waals surface area contributed by atoms with E-state index < -0.39 is 0 Å². The summed E-state index contributed by atoms with van der Waals surface area (Å²) < 4.78 is 10.2. The molecule has 8 heteroatoms. The van der Waals surface area contributed by atoms with E-state index >= 15 is 0 Å². The Kier molecular flexibility index (Phi) is 11.0. The van der Waals surface area contributed by atoms with Gasteiger partial charge in [0.2, 0.25) is 11.8 Å². The maximum Gasteiger partial charge on any atom is 0.312 e. The third-order valence-corrected chi connectivity index (χ3v) is 15.8. The summed E-state index contributed by atoms with van der Waals surface area (Å²) in [5, 5.41) is 6.31. The standard InChI is InChI=1S/C42H68N2O6/c1-37(2)22-24-42(36(48)50-9)25-23-40(6)28(29(42)27-37)16-17-31-39(5)20-19-32(38(3,4)30(39)18-21-41(31,40)7)44-34(46)14-11-10-13-33(45)43-26-12-15-35(47)49-8/h16,29-32H,10-15,17-27H2,1-9H3,(H,43,45)(H,44,46)/t29-,30-,31+,32-,39-,40+,41+,42-/m0/s1. The molecule has 8 nitrogen and oxygen atoms in total. The normalized spacial score (nSPS) is 38.1. The Bertz CT molecular complexity index is 1350. The van der Waals surface area contributed by atoms with Gasteiger partial charge in [-0.1, -0.05) is 60.1 Å². The van der Waals surface area contributed by atoms with Crippen molar-refractivity contribution in [3.05, 3.63) is 11.6 Å². The van der Waals surface area contributed by atoms with E-state index in [-0.39, 0.29) is 68.2 Å². The third kappa shape index (κ3) is 6.68. The summed E-state index contributed by atoms with van der Waals surface area (Å²) in [6, 6.07) is 0.139. The molecule has 0 unspecified atom stereocenters. The van der Waals surface area contributed by atoms with Crippen molar-refractivity contribution in [1.82, 2.24) is 10.6 Å². The number of methoxy groups -OCH3 is 2. The molecule has 50 heavy (non-hydrogen) atoms. The van der Waals surface area contributed by atoms with Crippen molar-refractivity contribution in [3.63, 3.8) is 0 Å². The van der Waals surface area contributed by atoms with Gasteiger partial charge in [0.25, 0.3) is 0 Å². The number of allylic oxidation sites excluding steroid dienone is 2. The summed E-state index contributed by atoms with van der Waals surface area (Å²) in [4.78, 5) is 50.2. The zero-order valence-electron chi connectivity index (χ0n) is 32.9. The van der Waals surface area contributed by atoms with E-state index in [0.29, 0.717) is 56.9 Å². The number of carbonyl (C=O) groups is 4. The van der Waals surface area contributed by atoms with Crippen LogP contribution in [0.5, 0.6) is 0 Å². The number of hydrogen-bond donors (Lipinski definition) is 2. The average Bonchev–Trinajstić information content (AvgIpc) is 3.06. The summed E-state index contributed by atoms with van der Waals surface area (Å²) in [5.74, 6) is 1.14. The van der Waals surface area contributed by atoms with Crippen LogP contribution in [0.1, 0.15) is 151 Å². The molecule has 0 aromatic heterocycles. The highest BCUT2D eigenvalue weighted by Crippen LogP contribution is 2.75. The van der Waals surface area contributed by atoms with Gasteiger partial charge in [0, 0.05) is 31.8 Å². The van der Waals surface area contributed by atoms with E-state index in [1.165, 1.54) is 20.0 Å². The first-order valence-electron chi connectivity index (χ1n) is 19.8. The molecule has 0 aliphatic heterocycles. The molecule has 282 valence electrons. The van der Waals surface area contributed by atoms with Gasteiger partial charge in [-0.15, -0.1) is 0 Å². The predicted octanol–water partition coefficient (Wildman–Crippen LogP) is 8.08. The second kappa shape index (κ2) is 14.2. The number of fused-ring (bicyclic) bond motifs is 7. The Balaban J connectivity index is 1.23. The van der Waals surface area contributed by atoms with E-state index in [1.807, 2.05) is 0 Å². The first-order valence-corrected chi connectivity index (χ1v) is 19.8. The van der Waals surface area contributed by atoms with Crippen LogP contribution in [0.3, 0.4) is 0 Å². The Morgan fingerprint density at radius 3 is 2.12 bits per heavy atom. The van der Waals surface area contributed by atoms with Gasteiger partial charge >= 0.3 is 11.9 Å². The molecule has 0 heterocycles. The highest BCUT2D eigenvalue weighted by atomic mass is 16.5. The van der Waals surface area contributed by atoms with Gasteiger partial charge in [0.05, 0.1) is 19.6 Å². The number of amides is 2. The van der Waals surface area contributed by atoms with Gasteiger partial charge in [0.15, 0.2) is 0 Å². The lowest BCUT2D eigenvalue weighted by molar-refractivity contribution is -0.193. The number of unbranched alkanes of at least 4 members (excludes halogenated alkanes) is 1. The zero-order valence-corrected chi connectivity index (χ0v) is 32.9. The van der Waals surface area contributed by atoms with Crippen LogP contribution in [0.2, 0.25) is 0 Å². The van der Waals surface area contributed by atoms with Crippen molar-refractivity contribution >= 4 is 23.8 Å². The maximum absolute atomic E-state index is 13.6. The van der Waals surface area contributed by atoms with Crippen molar-refractivity contribution < 1.29 is 28.7 Å². The summed E-state index contributed by atoms with van der Waals surface area (Å²) in [6.45, 7) is 17.8. The molecule has 0 radical (unpaired) electrons. The van der Waals surface area contributed by atoms with Crippen molar-refractivity contribution in [2.75, 3.05) is 20.8 Å². The number of ether oxygens (including phenoxy) is 2. The third-order valence-electron chi connectivity index (χ3n) is 15.8. The summed E-state index contributed by atoms with van der Waals surface area (Å²) in [6.07, 6.45) is 16.2. The minimum atomic E-state index is -0.378. The fraction of sp³-hybridized carbons (Fsp3) is 0.857. The number of rotatable bonds is 11. The lowest BCUT2D eigenvalue weighted by Crippen LogP contribution is -2.66. The smallest absolute Gasteiger partial charge is 0.312 e. The molecular weight excluding hydrogens is 628 g/mol. The quantitative estimate of drug-likeness (QED) is 0.128. The second-order valence-electron chi connectivity index (χ2n) is 19.1. The fourth-order valence-corrected chi connectivity index (χ4v) is 12.6. The molecule has 5 aliphatic carbocycles. The van der Waals surface area contributed by atoms with Gasteiger partial charge in [-0.2, -0.15) is 0 Å². The number of carbonyl (C=O) groups excluding carboxylic acids is 4.